The number of nitrogens with zero attached hydrogens (tertiary/aromatic N) is 4. The zero-order chi connectivity index (χ0) is 25.9. The molecule has 4 aromatic heterocycles. The van der Waals surface area contributed by atoms with Crippen molar-refractivity contribution in [1.29, 1.82) is 0 Å². The third-order valence-electron chi connectivity index (χ3n) is 8.30. The van der Waals surface area contributed by atoms with Crippen LogP contribution in [-0.2, 0) is 0 Å². The number of H-pyrrole nitrogens is 2. The lowest BCUT2D eigenvalue weighted by Gasteiger charge is -2.28. The number of hydrogen-bond donors (Lipinski definition) is 2. The molecule has 0 unspecified atom stereocenters. The van der Waals surface area contributed by atoms with E-state index in [1.54, 1.807) is 0 Å². The van der Waals surface area contributed by atoms with Crippen LogP contribution in [0.15, 0.2) is 60.8 Å². The molecule has 0 spiro atoms. The summed E-state index contributed by atoms with van der Waals surface area (Å²) in [5.74, 6) is 1.84. The number of piperidine rings is 1. The van der Waals surface area contributed by atoms with Gasteiger partial charge in [0.1, 0.15) is 17.0 Å². The van der Waals surface area contributed by atoms with E-state index in [0.717, 1.165) is 75.8 Å². The molecule has 0 radical (unpaired) electrons. The van der Waals surface area contributed by atoms with Gasteiger partial charge in [-0.3, -0.25) is 5.10 Å². The van der Waals surface area contributed by atoms with Crippen molar-refractivity contribution in [2.45, 2.75) is 64.7 Å². The Balaban J connectivity index is 1.33. The number of pyridine rings is 2. The van der Waals surface area contributed by atoms with Gasteiger partial charge in [-0.2, -0.15) is 5.10 Å². The molecule has 6 heteroatoms. The van der Waals surface area contributed by atoms with Gasteiger partial charge in [0.05, 0.1) is 22.4 Å². The summed E-state index contributed by atoms with van der Waals surface area (Å²) in [4.78, 5) is 15.9. The van der Waals surface area contributed by atoms with Crippen molar-refractivity contribution in [3.8, 4) is 11.4 Å². The molecule has 0 atom stereocenters. The average Bonchev–Trinajstić information content (AvgIpc) is 3.60. The zero-order valence-corrected chi connectivity index (χ0v) is 22.5. The molecule has 0 amide bonds. The van der Waals surface area contributed by atoms with Crippen LogP contribution in [0.25, 0.3) is 38.9 Å². The van der Waals surface area contributed by atoms with Gasteiger partial charge in [-0.1, -0.05) is 50.8 Å². The summed E-state index contributed by atoms with van der Waals surface area (Å²) in [6.45, 7) is 8.34. The van der Waals surface area contributed by atoms with Gasteiger partial charge in [-0.15, -0.1) is 0 Å². The summed E-state index contributed by atoms with van der Waals surface area (Å²) in [6, 6.07) is 8.41. The summed E-state index contributed by atoms with van der Waals surface area (Å²) in [5.41, 5.74) is 8.07. The number of aromatic amines is 2. The maximum absolute atomic E-state index is 5.11. The number of rotatable bonds is 7. The summed E-state index contributed by atoms with van der Waals surface area (Å²) in [5, 5.41) is 9.02. The molecule has 38 heavy (non-hydrogen) atoms. The van der Waals surface area contributed by atoms with E-state index < -0.39 is 0 Å². The molecular formula is C32H38N6. The lowest BCUT2D eigenvalue weighted by Crippen LogP contribution is -2.30. The summed E-state index contributed by atoms with van der Waals surface area (Å²) in [7, 11) is 0. The Kier molecular flexibility index (Phi) is 7.12. The van der Waals surface area contributed by atoms with Gasteiger partial charge in [-0.25, -0.2) is 9.97 Å². The highest BCUT2D eigenvalue weighted by molar-refractivity contribution is 5.98. The Hall–Kier alpha value is -3.67. The molecule has 2 aliphatic rings. The Morgan fingerprint density at radius 1 is 1.05 bits per heavy atom. The van der Waals surface area contributed by atoms with E-state index in [-0.39, 0.29) is 0 Å². The first-order valence-corrected chi connectivity index (χ1v) is 14.3. The van der Waals surface area contributed by atoms with Crippen molar-refractivity contribution in [2.24, 2.45) is 5.92 Å². The second kappa shape index (κ2) is 11.0. The first kappa shape index (κ1) is 24.7. The number of aromatic nitrogens is 5. The van der Waals surface area contributed by atoms with Crippen molar-refractivity contribution in [3.63, 3.8) is 0 Å². The van der Waals surface area contributed by atoms with Crippen molar-refractivity contribution in [1.82, 2.24) is 25.1 Å². The molecule has 1 aliphatic heterocycles. The lowest BCUT2D eigenvalue weighted by molar-refractivity contribution is 0.358. The third-order valence-corrected chi connectivity index (χ3v) is 8.30. The van der Waals surface area contributed by atoms with Gasteiger partial charge >= 0.3 is 0 Å². The molecule has 1 saturated heterocycles. The molecule has 1 aliphatic carbocycles. The van der Waals surface area contributed by atoms with Crippen LogP contribution >= 0.6 is 0 Å². The molecule has 1 saturated carbocycles. The van der Waals surface area contributed by atoms with Gasteiger partial charge in [0.2, 0.25) is 0 Å². The SMILES string of the molecule is C=C/C(=C\C(=C/C)c1ccc2[nH]nc(-c3cc4c(N5CCCCC5)nccc4[nH]3)c2n1)CC1CCCCC1. The second-order valence-corrected chi connectivity index (χ2v) is 10.9. The number of fused-ring (bicyclic) bond motifs is 2. The fraction of sp³-hybridized carbons (Fsp3) is 0.406. The van der Waals surface area contributed by atoms with Crippen molar-refractivity contribution in [2.75, 3.05) is 18.0 Å². The van der Waals surface area contributed by atoms with Gasteiger partial charge < -0.3 is 9.88 Å². The highest BCUT2D eigenvalue weighted by Gasteiger charge is 2.19. The highest BCUT2D eigenvalue weighted by Crippen LogP contribution is 2.34. The number of allylic oxidation sites excluding steroid dienone is 5. The van der Waals surface area contributed by atoms with Crippen LogP contribution in [0.5, 0.6) is 0 Å². The van der Waals surface area contributed by atoms with E-state index >= 15 is 0 Å². The van der Waals surface area contributed by atoms with E-state index in [2.05, 4.69) is 63.9 Å². The predicted octanol–water partition coefficient (Wildman–Crippen LogP) is 7.98. The molecule has 0 bridgehead atoms. The standard InChI is InChI=1S/C32H38N6/c1-3-22(19-23-11-7-5-8-12-23)20-24(4-2)26-13-14-28-30(35-26)31(37-36-28)29-21-25-27(34-29)15-16-33-32(25)38-17-9-6-10-18-38/h3-4,13-16,20-21,23,34H,1,5-12,17-19H2,2H3,(H,36,37)/b22-20+,24-4+. The highest BCUT2D eigenvalue weighted by atomic mass is 15.2. The maximum Gasteiger partial charge on any atom is 0.137 e. The average molecular weight is 507 g/mol. The molecule has 2 fully saturated rings. The lowest BCUT2D eigenvalue weighted by atomic mass is 9.84. The second-order valence-electron chi connectivity index (χ2n) is 10.9. The first-order chi connectivity index (χ1) is 18.7. The topological polar surface area (TPSA) is 73.5 Å². The van der Waals surface area contributed by atoms with Crippen molar-refractivity contribution < 1.29 is 0 Å². The fourth-order valence-electron chi connectivity index (χ4n) is 6.20. The van der Waals surface area contributed by atoms with Gasteiger partial charge in [-0.05, 0) is 80.0 Å². The fourth-order valence-corrected chi connectivity index (χ4v) is 6.20. The van der Waals surface area contributed by atoms with Crippen LogP contribution in [0.4, 0.5) is 5.82 Å². The number of nitrogens with one attached hydrogen (secondary N) is 2. The summed E-state index contributed by atoms with van der Waals surface area (Å²) in [6.07, 6.45) is 20.0. The molecule has 5 heterocycles. The molecular weight excluding hydrogens is 468 g/mol. The molecule has 6 nitrogen and oxygen atoms in total. The Bertz CT molecular complexity index is 1490. The van der Waals surface area contributed by atoms with E-state index in [4.69, 9.17) is 9.97 Å². The van der Waals surface area contributed by atoms with Crippen LogP contribution in [0.2, 0.25) is 0 Å². The normalized spacial score (nSPS) is 18.0. The van der Waals surface area contributed by atoms with E-state index in [9.17, 15) is 0 Å². The van der Waals surface area contributed by atoms with Gasteiger partial charge in [0, 0.05) is 24.7 Å². The molecule has 2 N–H and O–H groups in total. The minimum absolute atomic E-state index is 0.772. The summed E-state index contributed by atoms with van der Waals surface area (Å²) >= 11 is 0. The molecule has 4 aromatic rings. The minimum Gasteiger partial charge on any atom is -0.356 e. The molecule has 6 rings (SSSR count). The number of anilines is 1. The third kappa shape index (κ3) is 4.92. The molecule has 0 aromatic carbocycles. The predicted molar refractivity (Wildman–Crippen MR) is 158 cm³/mol. The smallest absolute Gasteiger partial charge is 0.137 e. The Morgan fingerprint density at radius 3 is 2.66 bits per heavy atom. The van der Waals surface area contributed by atoms with E-state index in [0.29, 0.717) is 0 Å². The maximum atomic E-state index is 5.11. The van der Waals surface area contributed by atoms with Crippen molar-refractivity contribution >= 4 is 33.3 Å². The quantitative estimate of drug-likeness (QED) is 0.249. The molecule has 196 valence electrons. The van der Waals surface area contributed by atoms with E-state index in [1.165, 1.54) is 56.9 Å². The van der Waals surface area contributed by atoms with Crippen LogP contribution in [0, 0.1) is 5.92 Å². The van der Waals surface area contributed by atoms with Crippen LogP contribution in [0.3, 0.4) is 0 Å². The van der Waals surface area contributed by atoms with Crippen LogP contribution in [-0.4, -0.2) is 38.2 Å². The Morgan fingerprint density at radius 2 is 1.87 bits per heavy atom. The minimum atomic E-state index is 0.772. The zero-order valence-electron chi connectivity index (χ0n) is 22.5. The monoisotopic (exact) mass is 506 g/mol. The Labute approximate surface area is 225 Å². The van der Waals surface area contributed by atoms with Crippen molar-refractivity contribution in [3.05, 3.63) is 66.5 Å². The van der Waals surface area contributed by atoms with Gasteiger partial charge in [0.25, 0.3) is 0 Å². The van der Waals surface area contributed by atoms with Crippen LogP contribution in [0.1, 0.15) is 70.4 Å². The van der Waals surface area contributed by atoms with Gasteiger partial charge in [0.15, 0.2) is 0 Å². The largest absolute Gasteiger partial charge is 0.356 e. The first-order valence-electron chi connectivity index (χ1n) is 14.3. The van der Waals surface area contributed by atoms with Crippen LogP contribution < -0.4 is 4.90 Å². The van der Waals surface area contributed by atoms with E-state index in [1.807, 2.05) is 18.3 Å². The summed E-state index contributed by atoms with van der Waals surface area (Å²) < 4.78 is 0. The number of hydrogen-bond acceptors (Lipinski definition) is 4.